The number of esters is 1. The third kappa shape index (κ3) is 3.00. The highest BCUT2D eigenvalue weighted by atomic mass is 35.5. The summed E-state index contributed by atoms with van der Waals surface area (Å²) in [5, 5.41) is -5.97. The average Bonchev–Trinajstić information content (AvgIpc) is 2.85. The Bertz CT molecular complexity index is 474. The molecule has 0 spiro atoms. The molecule has 2 rings (SSSR count). The maximum absolute atomic E-state index is 12.3. The van der Waals surface area contributed by atoms with Crippen LogP contribution in [0.2, 0.25) is 0 Å². The Morgan fingerprint density at radius 2 is 1.68 bits per heavy atom. The van der Waals surface area contributed by atoms with Gasteiger partial charge in [0.25, 0.3) is 5.06 Å². The van der Waals surface area contributed by atoms with E-state index in [0.29, 0.717) is 6.42 Å². The normalized spacial score (nSPS) is 41.6. The van der Waals surface area contributed by atoms with E-state index in [9.17, 15) is 4.79 Å². The van der Waals surface area contributed by atoms with Gasteiger partial charge in [-0.25, -0.2) is 4.79 Å². The summed E-state index contributed by atoms with van der Waals surface area (Å²) in [6.07, 6.45) is 0.352. The number of halogens is 8. The summed E-state index contributed by atoms with van der Waals surface area (Å²) in [6, 6.07) is 0. The van der Waals surface area contributed by atoms with Crippen LogP contribution in [0.3, 0.4) is 0 Å². The van der Waals surface area contributed by atoms with Gasteiger partial charge in [-0.15, -0.1) is 23.2 Å². The minimum Gasteiger partial charge on any atom is -0.421 e. The van der Waals surface area contributed by atoms with Crippen molar-refractivity contribution in [2.24, 2.45) is 0 Å². The molecule has 0 aromatic heterocycles. The summed E-state index contributed by atoms with van der Waals surface area (Å²) in [5.41, 5.74) is 0. The minimum atomic E-state index is -2.37. The van der Waals surface area contributed by atoms with Crippen molar-refractivity contribution in [3.63, 3.8) is 0 Å². The van der Waals surface area contributed by atoms with E-state index in [1.54, 1.807) is 0 Å². The van der Waals surface area contributed by atoms with Gasteiger partial charge in [0.15, 0.2) is 4.33 Å². The van der Waals surface area contributed by atoms with Gasteiger partial charge in [0.2, 0.25) is 5.06 Å². The molecule has 0 aliphatic carbocycles. The molecule has 0 aromatic rings. The van der Waals surface area contributed by atoms with Crippen LogP contribution < -0.4 is 0 Å². The van der Waals surface area contributed by atoms with Crippen LogP contribution in [0.25, 0.3) is 0 Å². The lowest BCUT2D eigenvalue weighted by Gasteiger charge is -2.37. The topological polar surface area (TPSA) is 44.8 Å². The van der Waals surface area contributed by atoms with Crippen molar-refractivity contribution >= 4 is 98.8 Å². The molecule has 4 nitrogen and oxygen atoms in total. The zero-order valence-electron chi connectivity index (χ0n) is 10.4. The van der Waals surface area contributed by atoms with Crippen LogP contribution in [0.4, 0.5) is 0 Å². The second-order valence-electron chi connectivity index (χ2n) is 4.65. The van der Waals surface area contributed by atoms with Gasteiger partial charge in [0, 0.05) is 0 Å². The molecule has 12 heteroatoms. The number of carbonyl (C=O) groups is 1. The second kappa shape index (κ2) is 6.46. The zero-order chi connectivity index (χ0) is 17.0. The number of hydrogen-bond acceptors (Lipinski definition) is 4. The van der Waals surface area contributed by atoms with Crippen molar-refractivity contribution in [1.29, 1.82) is 0 Å². The summed E-state index contributed by atoms with van der Waals surface area (Å²) >= 11 is 48.0. The second-order valence-corrected chi connectivity index (χ2v) is 9.44. The summed E-state index contributed by atoms with van der Waals surface area (Å²) in [4.78, 5) is 12.3. The molecule has 128 valence electrons. The van der Waals surface area contributed by atoms with Crippen molar-refractivity contribution < 1.29 is 19.0 Å². The first-order chi connectivity index (χ1) is 9.88. The lowest BCUT2D eigenvalue weighted by atomic mass is 10.2. The van der Waals surface area contributed by atoms with E-state index >= 15 is 0 Å². The number of alkyl halides is 8. The fraction of sp³-hybridized carbons (Fsp3) is 0.900. The Kier molecular flexibility index (Phi) is 5.88. The van der Waals surface area contributed by atoms with Crippen LogP contribution in [-0.2, 0) is 19.0 Å². The Morgan fingerprint density at radius 3 is 2.09 bits per heavy atom. The van der Waals surface area contributed by atoms with Crippen molar-refractivity contribution in [3.8, 4) is 0 Å². The van der Waals surface area contributed by atoms with Crippen molar-refractivity contribution in [3.05, 3.63) is 0 Å². The Morgan fingerprint density at radius 1 is 1.09 bits per heavy atom. The van der Waals surface area contributed by atoms with Crippen LogP contribution >= 0.6 is 92.8 Å². The Balaban J connectivity index is 2.21. The minimum absolute atomic E-state index is 0.178. The van der Waals surface area contributed by atoms with E-state index in [4.69, 9.17) is 107 Å². The molecule has 0 bridgehead atoms. The number of hydrogen-bond donors (Lipinski definition) is 0. The summed E-state index contributed by atoms with van der Waals surface area (Å²) < 4.78 is 10.8. The maximum Gasteiger partial charge on any atom is 0.360 e. The Hall–Kier alpha value is 1.71. The smallest absolute Gasteiger partial charge is 0.360 e. The van der Waals surface area contributed by atoms with Crippen LogP contribution in [0, 0.1) is 0 Å². The standard InChI is InChI=1S/C10H8Cl8O4/c11-4-1-2-20-8(4,15)10(17,18)22-6(19)9(16)7(13,14)5(12)3-21-9/h4-5H,1-3H2. The fourth-order valence-corrected chi connectivity index (χ4v) is 3.94. The SMILES string of the molecule is O=C(OC(Cl)(Cl)C1(Cl)OCCC1Cl)C1(Cl)OCC(Cl)C1(Cl)Cl. The first kappa shape index (κ1) is 20.0. The van der Waals surface area contributed by atoms with Crippen molar-refractivity contribution in [2.45, 2.75) is 36.1 Å². The van der Waals surface area contributed by atoms with Gasteiger partial charge in [-0.1, -0.05) is 69.6 Å². The van der Waals surface area contributed by atoms with Gasteiger partial charge in [-0.3, -0.25) is 0 Å². The lowest BCUT2D eigenvalue weighted by Crippen LogP contribution is -2.55. The lowest BCUT2D eigenvalue weighted by molar-refractivity contribution is -0.170. The highest BCUT2D eigenvalue weighted by Gasteiger charge is 2.68. The first-order valence-electron chi connectivity index (χ1n) is 5.81. The molecule has 0 N–H and O–H groups in total. The predicted octanol–water partition coefficient (Wildman–Crippen LogP) is 4.37. The van der Waals surface area contributed by atoms with Crippen LogP contribution in [0.1, 0.15) is 6.42 Å². The largest absolute Gasteiger partial charge is 0.421 e. The average molecular weight is 476 g/mol. The third-order valence-corrected chi connectivity index (χ3v) is 7.89. The van der Waals surface area contributed by atoms with Gasteiger partial charge >= 0.3 is 10.5 Å². The zero-order valence-corrected chi connectivity index (χ0v) is 16.5. The van der Waals surface area contributed by atoms with E-state index in [-0.39, 0.29) is 13.2 Å². The van der Waals surface area contributed by atoms with Gasteiger partial charge < -0.3 is 14.2 Å². The van der Waals surface area contributed by atoms with Crippen LogP contribution in [-0.4, -0.2) is 48.9 Å². The summed E-state index contributed by atoms with van der Waals surface area (Å²) in [6.45, 7) is -0.0109. The molecule has 22 heavy (non-hydrogen) atoms. The van der Waals surface area contributed by atoms with E-state index in [1.807, 2.05) is 0 Å². The summed E-state index contributed by atoms with van der Waals surface area (Å²) in [7, 11) is 0. The summed E-state index contributed by atoms with van der Waals surface area (Å²) in [5.74, 6) is -1.27. The molecule has 2 heterocycles. The van der Waals surface area contributed by atoms with E-state index in [0.717, 1.165) is 0 Å². The van der Waals surface area contributed by atoms with Crippen LogP contribution in [0.5, 0.6) is 0 Å². The van der Waals surface area contributed by atoms with Crippen molar-refractivity contribution in [2.75, 3.05) is 13.2 Å². The quantitative estimate of drug-likeness (QED) is 0.449. The number of ether oxygens (including phenoxy) is 3. The van der Waals surface area contributed by atoms with Gasteiger partial charge in [-0.05, 0) is 6.42 Å². The molecule has 4 atom stereocenters. The third-order valence-electron chi connectivity index (χ3n) is 3.22. The van der Waals surface area contributed by atoms with E-state index in [2.05, 4.69) is 0 Å². The molecule has 2 aliphatic heterocycles. The molecule has 0 aromatic carbocycles. The molecule has 2 saturated heterocycles. The van der Waals surface area contributed by atoms with Gasteiger partial charge in [0.05, 0.1) is 24.0 Å². The van der Waals surface area contributed by atoms with Crippen LogP contribution in [0.15, 0.2) is 0 Å². The molecule has 0 amide bonds. The molecule has 0 saturated carbocycles. The van der Waals surface area contributed by atoms with Crippen molar-refractivity contribution in [1.82, 2.24) is 0 Å². The van der Waals surface area contributed by atoms with Gasteiger partial charge in [0.1, 0.15) is 0 Å². The highest BCUT2D eigenvalue weighted by Crippen LogP contribution is 2.54. The molecule has 0 radical (unpaired) electrons. The number of carbonyl (C=O) groups excluding carboxylic acids is 1. The molecule has 2 fully saturated rings. The number of rotatable bonds is 3. The van der Waals surface area contributed by atoms with E-state index < -0.39 is 35.7 Å². The molecular formula is C10H8Cl8O4. The predicted molar refractivity (Wildman–Crippen MR) is 87.9 cm³/mol. The highest BCUT2D eigenvalue weighted by molar-refractivity contribution is 6.60. The first-order valence-corrected chi connectivity index (χ1v) is 8.95. The van der Waals surface area contributed by atoms with E-state index in [1.165, 1.54) is 0 Å². The van der Waals surface area contributed by atoms with Gasteiger partial charge in [-0.2, -0.15) is 0 Å². The molecule has 2 aliphatic rings. The fourth-order valence-electron chi connectivity index (χ4n) is 1.89. The monoisotopic (exact) mass is 472 g/mol. The maximum atomic E-state index is 12.3. The molecule has 4 unspecified atom stereocenters. The Labute approximate surface area is 166 Å². The molecular weight excluding hydrogens is 468 g/mol.